The summed E-state index contributed by atoms with van der Waals surface area (Å²) in [6.07, 6.45) is 5.87. The van der Waals surface area contributed by atoms with E-state index in [0.717, 1.165) is 19.4 Å². The largest absolute Gasteiger partial charge is 0.328 e. The maximum absolute atomic E-state index is 5.97. The van der Waals surface area contributed by atoms with Gasteiger partial charge >= 0.3 is 0 Å². The second-order valence-electron chi connectivity index (χ2n) is 4.59. The topological polar surface area (TPSA) is 50.9 Å². The molecule has 90 valence electrons. The highest BCUT2D eigenvalue weighted by Crippen LogP contribution is 2.17. The van der Waals surface area contributed by atoms with Crippen molar-refractivity contribution in [2.24, 2.45) is 5.73 Å². The average Bonchev–Trinajstić information content (AvgIpc) is 2.74. The van der Waals surface area contributed by atoms with Crippen molar-refractivity contribution in [3.05, 3.63) is 16.1 Å². The van der Waals surface area contributed by atoms with Gasteiger partial charge < -0.3 is 11.1 Å². The van der Waals surface area contributed by atoms with Crippen molar-refractivity contribution in [1.82, 2.24) is 10.3 Å². The van der Waals surface area contributed by atoms with E-state index in [1.807, 2.05) is 0 Å². The second kappa shape index (κ2) is 5.75. The molecule has 0 amide bonds. The van der Waals surface area contributed by atoms with Crippen molar-refractivity contribution in [2.45, 2.75) is 57.7 Å². The van der Waals surface area contributed by atoms with E-state index in [1.54, 1.807) is 11.3 Å². The standard InChI is InChI=1S/C12H21N3S/c1-2-12-15-11(8-16-12)7-14-10-5-3-4-9(13)6-10/h8-10,14H,2-7,13H2,1H3. The van der Waals surface area contributed by atoms with Gasteiger partial charge in [-0.2, -0.15) is 0 Å². The first-order valence-electron chi connectivity index (χ1n) is 6.20. The van der Waals surface area contributed by atoms with Gasteiger partial charge in [-0.3, -0.25) is 0 Å². The van der Waals surface area contributed by atoms with E-state index in [4.69, 9.17) is 5.73 Å². The van der Waals surface area contributed by atoms with Crippen molar-refractivity contribution < 1.29 is 0 Å². The van der Waals surface area contributed by atoms with Crippen LogP contribution in [0.25, 0.3) is 0 Å². The van der Waals surface area contributed by atoms with Crippen molar-refractivity contribution in [3.8, 4) is 0 Å². The summed E-state index contributed by atoms with van der Waals surface area (Å²) in [6, 6.07) is 0.989. The minimum atomic E-state index is 0.396. The number of nitrogens with zero attached hydrogens (tertiary/aromatic N) is 1. The van der Waals surface area contributed by atoms with Crippen LogP contribution in [0.4, 0.5) is 0 Å². The van der Waals surface area contributed by atoms with Crippen LogP contribution in [0.3, 0.4) is 0 Å². The molecule has 4 heteroatoms. The van der Waals surface area contributed by atoms with Crippen LogP contribution in [-0.2, 0) is 13.0 Å². The molecule has 1 aromatic heterocycles. The molecule has 2 rings (SSSR count). The molecule has 2 unspecified atom stereocenters. The Labute approximate surface area is 101 Å². The minimum Gasteiger partial charge on any atom is -0.328 e. The van der Waals surface area contributed by atoms with E-state index >= 15 is 0 Å². The highest BCUT2D eigenvalue weighted by Gasteiger charge is 2.18. The smallest absolute Gasteiger partial charge is 0.0926 e. The van der Waals surface area contributed by atoms with Crippen LogP contribution in [0.2, 0.25) is 0 Å². The van der Waals surface area contributed by atoms with Gasteiger partial charge in [-0.1, -0.05) is 13.3 Å². The number of rotatable bonds is 4. The number of aromatic nitrogens is 1. The molecule has 0 aromatic carbocycles. The lowest BCUT2D eigenvalue weighted by molar-refractivity contribution is 0.337. The Kier molecular flexibility index (Phi) is 4.32. The van der Waals surface area contributed by atoms with Crippen molar-refractivity contribution in [2.75, 3.05) is 0 Å². The predicted molar refractivity (Wildman–Crippen MR) is 68.6 cm³/mol. The van der Waals surface area contributed by atoms with Gasteiger partial charge in [-0.15, -0.1) is 11.3 Å². The summed E-state index contributed by atoms with van der Waals surface area (Å²) < 4.78 is 0. The van der Waals surface area contributed by atoms with E-state index in [9.17, 15) is 0 Å². The highest BCUT2D eigenvalue weighted by molar-refractivity contribution is 7.09. The Bertz CT molecular complexity index is 324. The molecule has 3 nitrogen and oxygen atoms in total. The van der Waals surface area contributed by atoms with Crippen LogP contribution in [0.5, 0.6) is 0 Å². The maximum Gasteiger partial charge on any atom is 0.0926 e. The van der Waals surface area contributed by atoms with E-state index < -0.39 is 0 Å². The number of aryl methyl sites for hydroxylation is 1. The van der Waals surface area contributed by atoms with E-state index in [1.165, 1.54) is 30.0 Å². The molecule has 0 bridgehead atoms. The second-order valence-corrected chi connectivity index (χ2v) is 5.53. The van der Waals surface area contributed by atoms with Gasteiger partial charge in [-0.05, 0) is 25.7 Å². The first kappa shape index (κ1) is 12.0. The number of nitrogens with one attached hydrogen (secondary N) is 1. The third kappa shape index (κ3) is 3.27. The predicted octanol–water partition coefficient (Wildman–Crippen LogP) is 2.06. The number of hydrogen-bond donors (Lipinski definition) is 2. The first-order valence-corrected chi connectivity index (χ1v) is 7.08. The molecule has 0 spiro atoms. The SMILES string of the molecule is CCc1nc(CNC2CCCC(N)C2)cs1. The summed E-state index contributed by atoms with van der Waals surface area (Å²) in [7, 11) is 0. The van der Waals surface area contributed by atoms with Gasteiger partial charge in [0.15, 0.2) is 0 Å². The zero-order valence-electron chi connectivity index (χ0n) is 9.91. The monoisotopic (exact) mass is 239 g/mol. The minimum absolute atomic E-state index is 0.396. The molecule has 1 aliphatic carbocycles. The van der Waals surface area contributed by atoms with Gasteiger partial charge in [0.2, 0.25) is 0 Å². The summed E-state index contributed by atoms with van der Waals surface area (Å²) in [6.45, 7) is 3.05. The van der Waals surface area contributed by atoms with Gasteiger partial charge in [0.25, 0.3) is 0 Å². The number of nitrogens with two attached hydrogens (primary N) is 1. The summed E-state index contributed by atoms with van der Waals surface area (Å²) in [4.78, 5) is 4.56. The molecular weight excluding hydrogens is 218 g/mol. The molecule has 0 aliphatic heterocycles. The number of hydrogen-bond acceptors (Lipinski definition) is 4. The number of thiazole rings is 1. The molecule has 0 radical (unpaired) electrons. The van der Waals surface area contributed by atoms with Gasteiger partial charge in [0.1, 0.15) is 0 Å². The average molecular weight is 239 g/mol. The molecule has 2 atom stereocenters. The third-order valence-corrected chi connectivity index (χ3v) is 4.23. The van der Waals surface area contributed by atoms with Gasteiger partial charge in [-0.25, -0.2) is 4.98 Å². The normalized spacial score (nSPS) is 25.9. The van der Waals surface area contributed by atoms with Crippen molar-refractivity contribution in [1.29, 1.82) is 0 Å². The lowest BCUT2D eigenvalue weighted by Gasteiger charge is -2.27. The first-order chi connectivity index (χ1) is 7.78. The Hall–Kier alpha value is -0.450. The Balaban J connectivity index is 1.78. The lowest BCUT2D eigenvalue weighted by atomic mass is 9.91. The molecule has 3 N–H and O–H groups in total. The van der Waals surface area contributed by atoms with E-state index in [0.29, 0.717) is 12.1 Å². The Morgan fingerprint density at radius 2 is 2.44 bits per heavy atom. The van der Waals surface area contributed by atoms with Crippen molar-refractivity contribution in [3.63, 3.8) is 0 Å². The molecule has 16 heavy (non-hydrogen) atoms. The van der Waals surface area contributed by atoms with Gasteiger partial charge in [0.05, 0.1) is 10.7 Å². The Morgan fingerprint density at radius 1 is 1.56 bits per heavy atom. The Morgan fingerprint density at radius 3 is 3.12 bits per heavy atom. The summed E-state index contributed by atoms with van der Waals surface area (Å²) in [5, 5.41) is 6.96. The van der Waals surface area contributed by atoms with Crippen LogP contribution in [0.15, 0.2) is 5.38 Å². The molecule has 0 saturated heterocycles. The summed E-state index contributed by atoms with van der Waals surface area (Å²) in [5.41, 5.74) is 7.15. The fraction of sp³-hybridized carbons (Fsp3) is 0.750. The van der Waals surface area contributed by atoms with Crippen molar-refractivity contribution >= 4 is 11.3 Å². The lowest BCUT2D eigenvalue weighted by Crippen LogP contribution is -2.39. The highest BCUT2D eigenvalue weighted by atomic mass is 32.1. The van der Waals surface area contributed by atoms with Crippen LogP contribution >= 0.6 is 11.3 Å². The maximum atomic E-state index is 5.97. The summed E-state index contributed by atoms with van der Waals surface area (Å²) in [5.74, 6) is 0. The molecular formula is C12H21N3S. The van der Waals surface area contributed by atoms with Crippen LogP contribution in [0, 0.1) is 0 Å². The summed E-state index contributed by atoms with van der Waals surface area (Å²) >= 11 is 1.76. The van der Waals surface area contributed by atoms with Crippen LogP contribution in [0.1, 0.15) is 43.3 Å². The van der Waals surface area contributed by atoms with Crippen LogP contribution < -0.4 is 11.1 Å². The third-order valence-electron chi connectivity index (χ3n) is 3.19. The zero-order valence-corrected chi connectivity index (χ0v) is 10.7. The molecule has 1 aliphatic rings. The van der Waals surface area contributed by atoms with E-state index in [-0.39, 0.29) is 0 Å². The quantitative estimate of drug-likeness (QED) is 0.845. The van der Waals surface area contributed by atoms with Gasteiger partial charge in [0, 0.05) is 24.0 Å². The molecule has 1 fully saturated rings. The molecule has 1 aromatic rings. The zero-order chi connectivity index (χ0) is 11.4. The fourth-order valence-electron chi connectivity index (χ4n) is 2.25. The molecule has 1 heterocycles. The van der Waals surface area contributed by atoms with Crippen LogP contribution in [-0.4, -0.2) is 17.1 Å². The van der Waals surface area contributed by atoms with E-state index in [2.05, 4.69) is 22.6 Å². The molecule has 1 saturated carbocycles. The fourth-order valence-corrected chi connectivity index (χ4v) is 3.00.